The summed E-state index contributed by atoms with van der Waals surface area (Å²) in [6.45, 7) is 6.70. The van der Waals surface area contributed by atoms with Crippen LogP contribution in [0.5, 0.6) is 5.75 Å². The third kappa shape index (κ3) is 6.62. The van der Waals surface area contributed by atoms with Crippen LogP contribution in [0.15, 0.2) is 48.5 Å². The molecule has 6 nitrogen and oxygen atoms in total. The van der Waals surface area contributed by atoms with E-state index < -0.39 is 6.10 Å². The van der Waals surface area contributed by atoms with E-state index in [0.29, 0.717) is 31.1 Å². The Bertz CT molecular complexity index is 882. The van der Waals surface area contributed by atoms with Crippen molar-refractivity contribution in [1.29, 1.82) is 0 Å². The number of nitrogens with zero attached hydrogens (tertiary/aromatic N) is 2. The number of carbonyl (C=O) groups excluding carboxylic acids is 2. The second-order valence-electron chi connectivity index (χ2n) is 7.64. The SMILES string of the molecule is Cc1cc(Cl)ccc1OCCCC(=O)OC(C)C(=O)N1CCN(c2ccccc2)CC1. The lowest BCUT2D eigenvalue weighted by atomic mass is 10.2. The highest BCUT2D eigenvalue weighted by Gasteiger charge is 2.27. The number of piperazine rings is 1. The highest BCUT2D eigenvalue weighted by atomic mass is 35.5. The molecule has 0 saturated carbocycles. The van der Waals surface area contributed by atoms with Crippen LogP contribution in [-0.2, 0) is 14.3 Å². The molecule has 1 aliphatic heterocycles. The number of amides is 1. The van der Waals surface area contributed by atoms with Gasteiger partial charge in [0.15, 0.2) is 6.10 Å². The quantitative estimate of drug-likeness (QED) is 0.453. The first-order valence-corrected chi connectivity index (χ1v) is 11.0. The molecule has 0 N–H and O–H groups in total. The van der Waals surface area contributed by atoms with Crippen molar-refractivity contribution in [2.75, 3.05) is 37.7 Å². The maximum absolute atomic E-state index is 12.7. The van der Waals surface area contributed by atoms with Crippen LogP contribution in [0.2, 0.25) is 5.02 Å². The van der Waals surface area contributed by atoms with E-state index in [4.69, 9.17) is 21.1 Å². The number of halogens is 1. The summed E-state index contributed by atoms with van der Waals surface area (Å²) in [5.74, 6) is 0.213. The Morgan fingerprint density at radius 2 is 1.77 bits per heavy atom. The predicted octanol–water partition coefficient (Wildman–Crippen LogP) is 4.09. The molecule has 0 aromatic heterocycles. The number of rotatable bonds is 8. The molecule has 31 heavy (non-hydrogen) atoms. The molecule has 2 aromatic carbocycles. The molecule has 1 amide bonds. The monoisotopic (exact) mass is 444 g/mol. The second-order valence-corrected chi connectivity index (χ2v) is 8.08. The van der Waals surface area contributed by atoms with Gasteiger partial charge in [-0.1, -0.05) is 29.8 Å². The molecule has 166 valence electrons. The molecule has 3 rings (SSSR count). The molecule has 1 saturated heterocycles. The molecule has 1 fully saturated rings. The summed E-state index contributed by atoms with van der Waals surface area (Å²) in [5, 5.41) is 0.661. The Hall–Kier alpha value is -2.73. The summed E-state index contributed by atoms with van der Waals surface area (Å²) in [6.07, 6.45) is -0.0703. The fraction of sp³-hybridized carbons (Fsp3) is 0.417. The van der Waals surface area contributed by atoms with E-state index in [1.165, 1.54) is 0 Å². The van der Waals surface area contributed by atoms with Gasteiger partial charge in [0, 0.05) is 43.3 Å². The van der Waals surface area contributed by atoms with E-state index in [0.717, 1.165) is 30.1 Å². The maximum atomic E-state index is 12.7. The molecular weight excluding hydrogens is 416 g/mol. The minimum atomic E-state index is -0.782. The third-order valence-corrected chi connectivity index (χ3v) is 5.52. The summed E-state index contributed by atoms with van der Waals surface area (Å²) in [6, 6.07) is 15.6. The highest BCUT2D eigenvalue weighted by molar-refractivity contribution is 6.30. The molecule has 2 aromatic rings. The largest absolute Gasteiger partial charge is 0.493 e. The molecule has 0 radical (unpaired) electrons. The second kappa shape index (κ2) is 11.0. The lowest BCUT2D eigenvalue weighted by molar-refractivity contribution is -0.159. The zero-order chi connectivity index (χ0) is 22.2. The zero-order valence-corrected chi connectivity index (χ0v) is 18.8. The van der Waals surface area contributed by atoms with E-state index in [9.17, 15) is 9.59 Å². The van der Waals surface area contributed by atoms with Gasteiger partial charge in [0.1, 0.15) is 5.75 Å². The van der Waals surface area contributed by atoms with Crippen LogP contribution < -0.4 is 9.64 Å². The van der Waals surface area contributed by atoms with E-state index in [1.54, 1.807) is 17.9 Å². The van der Waals surface area contributed by atoms with Gasteiger partial charge in [0.05, 0.1) is 6.61 Å². The maximum Gasteiger partial charge on any atom is 0.306 e. The van der Waals surface area contributed by atoms with Gasteiger partial charge in [-0.3, -0.25) is 9.59 Å². The van der Waals surface area contributed by atoms with Crippen LogP contribution in [0.3, 0.4) is 0 Å². The Morgan fingerprint density at radius 1 is 1.06 bits per heavy atom. The van der Waals surface area contributed by atoms with Crippen molar-refractivity contribution >= 4 is 29.2 Å². The van der Waals surface area contributed by atoms with Crippen LogP contribution in [0.4, 0.5) is 5.69 Å². The van der Waals surface area contributed by atoms with Crippen molar-refractivity contribution in [1.82, 2.24) is 4.90 Å². The fourth-order valence-corrected chi connectivity index (χ4v) is 3.79. The number of anilines is 1. The van der Waals surface area contributed by atoms with Gasteiger partial charge < -0.3 is 19.3 Å². The van der Waals surface area contributed by atoms with E-state index in [2.05, 4.69) is 17.0 Å². The molecule has 1 aliphatic rings. The fourth-order valence-electron chi connectivity index (χ4n) is 3.56. The molecule has 0 bridgehead atoms. The first-order valence-electron chi connectivity index (χ1n) is 10.6. The van der Waals surface area contributed by atoms with Crippen LogP contribution >= 0.6 is 11.6 Å². The Balaban J connectivity index is 1.36. The minimum absolute atomic E-state index is 0.144. The van der Waals surface area contributed by atoms with Crippen molar-refractivity contribution < 1.29 is 19.1 Å². The number of hydrogen-bond donors (Lipinski definition) is 0. The Kier molecular flexibility index (Phi) is 8.18. The van der Waals surface area contributed by atoms with E-state index in [1.807, 2.05) is 37.3 Å². The summed E-state index contributed by atoms with van der Waals surface area (Å²) >= 11 is 5.93. The van der Waals surface area contributed by atoms with Crippen molar-refractivity contribution in [3.8, 4) is 5.75 Å². The first-order chi connectivity index (χ1) is 14.9. The molecule has 1 heterocycles. The number of para-hydroxylation sites is 1. The average Bonchev–Trinajstić information content (AvgIpc) is 2.78. The number of carbonyl (C=O) groups is 2. The lowest BCUT2D eigenvalue weighted by Gasteiger charge is -2.37. The van der Waals surface area contributed by atoms with Crippen LogP contribution in [0.1, 0.15) is 25.3 Å². The van der Waals surface area contributed by atoms with Crippen LogP contribution in [0.25, 0.3) is 0 Å². The summed E-state index contributed by atoms with van der Waals surface area (Å²) in [7, 11) is 0. The van der Waals surface area contributed by atoms with Crippen LogP contribution in [0, 0.1) is 6.92 Å². The van der Waals surface area contributed by atoms with Gasteiger partial charge >= 0.3 is 5.97 Å². The summed E-state index contributed by atoms with van der Waals surface area (Å²) < 4.78 is 11.0. The summed E-state index contributed by atoms with van der Waals surface area (Å²) in [4.78, 5) is 28.8. The molecule has 1 atom stereocenters. The summed E-state index contributed by atoms with van der Waals surface area (Å²) in [5.41, 5.74) is 2.10. The first kappa shape index (κ1) is 22.9. The van der Waals surface area contributed by atoms with Gasteiger partial charge in [-0.05, 0) is 56.2 Å². The third-order valence-electron chi connectivity index (χ3n) is 5.29. The number of ether oxygens (including phenoxy) is 2. The molecule has 7 heteroatoms. The lowest BCUT2D eigenvalue weighted by Crippen LogP contribution is -2.51. The normalized spacial score (nSPS) is 14.8. The van der Waals surface area contributed by atoms with Gasteiger partial charge in [-0.2, -0.15) is 0 Å². The van der Waals surface area contributed by atoms with Crippen molar-refractivity contribution in [3.63, 3.8) is 0 Å². The van der Waals surface area contributed by atoms with Gasteiger partial charge in [0.25, 0.3) is 5.91 Å². The zero-order valence-electron chi connectivity index (χ0n) is 18.1. The molecule has 0 spiro atoms. The van der Waals surface area contributed by atoms with E-state index >= 15 is 0 Å². The predicted molar refractivity (Wildman–Crippen MR) is 122 cm³/mol. The molecule has 0 aliphatic carbocycles. The Labute approximate surface area is 188 Å². The smallest absolute Gasteiger partial charge is 0.306 e. The Morgan fingerprint density at radius 3 is 2.45 bits per heavy atom. The molecular formula is C24H29ClN2O4. The van der Waals surface area contributed by atoms with E-state index in [-0.39, 0.29) is 18.3 Å². The van der Waals surface area contributed by atoms with Crippen molar-refractivity contribution in [3.05, 3.63) is 59.1 Å². The van der Waals surface area contributed by atoms with Crippen molar-refractivity contribution in [2.45, 2.75) is 32.8 Å². The number of esters is 1. The molecule has 1 unspecified atom stereocenters. The van der Waals surface area contributed by atoms with Gasteiger partial charge in [-0.25, -0.2) is 0 Å². The topological polar surface area (TPSA) is 59.1 Å². The average molecular weight is 445 g/mol. The minimum Gasteiger partial charge on any atom is -0.493 e. The van der Waals surface area contributed by atoms with Gasteiger partial charge in [0.2, 0.25) is 0 Å². The standard InChI is InChI=1S/C24H29ClN2O4/c1-18-17-20(25)10-11-22(18)30-16-6-9-23(28)31-19(2)24(29)27-14-12-26(13-15-27)21-7-4-3-5-8-21/h3-5,7-8,10-11,17,19H,6,9,12-16H2,1-2H3. The highest BCUT2D eigenvalue weighted by Crippen LogP contribution is 2.22. The number of hydrogen-bond acceptors (Lipinski definition) is 5. The van der Waals surface area contributed by atoms with Gasteiger partial charge in [-0.15, -0.1) is 0 Å². The number of aryl methyl sites for hydroxylation is 1. The van der Waals surface area contributed by atoms with Crippen LogP contribution in [-0.4, -0.2) is 55.7 Å². The number of benzene rings is 2. The van der Waals surface area contributed by atoms with Crippen molar-refractivity contribution in [2.24, 2.45) is 0 Å².